The molecule has 534 valence electrons. The van der Waals surface area contributed by atoms with Crippen LogP contribution in [0.2, 0.25) is 0 Å². The highest BCUT2D eigenvalue weighted by Crippen LogP contribution is 2.44. The number of pyridine rings is 4. The molecule has 0 atom stereocenters. The molecule has 0 saturated heterocycles. The van der Waals surface area contributed by atoms with Gasteiger partial charge in [0.25, 0.3) is 0 Å². The van der Waals surface area contributed by atoms with Crippen molar-refractivity contribution in [2.24, 2.45) is 0 Å². The molecule has 0 N–H and O–H groups in total. The van der Waals surface area contributed by atoms with E-state index in [2.05, 4.69) is 327 Å². The first-order chi connectivity index (χ1) is 55.9. The van der Waals surface area contributed by atoms with Crippen molar-refractivity contribution in [1.29, 1.82) is 0 Å². The SMILES string of the molecule is CC(C)(C)c1cc2c(=O)c3cc(-n4c5ccccc5c5ccccc54)ccc3n3c4ccc(-n5c6ccccc6c6c7ccccc7ccc65)cc4c(=O)c(c1)c23.O=c1c2cc(-n3c4ccccc4c4c5ccccc5ccc43)ccc2n2c3ccc(-n4c5ccccc5c5c6ccccc6ccc54)cc3c(=O)c3cccc1c32. The van der Waals surface area contributed by atoms with Gasteiger partial charge in [0.15, 0.2) is 21.7 Å². The lowest BCUT2D eigenvalue weighted by Gasteiger charge is -2.22. The summed E-state index contributed by atoms with van der Waals surface area (Å²) in [5.41, 5.74) is 17.0. The molecular weight excluding hydrogens is 1400 g/mol. The number of rotatable bonds is 4. The molecule has 0 unspecified atom stereocenters. The van der Waals surface area contributed by atoms with E-state index in [4.69, 9.17) is 0 Å². The van der Waals surface area contributed by atoms with Gasteiger partial charge in [-0.1, -0.05) is 209 Å². The van der Waals surface area contributed by atoms with Crippen molar-refractivity contribution in [3.05, 3.63) is 380 Å². The first kappa shape index (κ1) is 63.9. The number of benzene rings is 17. The zero-order valence-corrected chi connectivity index (χ0v) is 62.1. The number of para-hydroxylation sites is 6. The maximum absolute atomic E-state index is 15.0. The standard InChI is InChI=1S/C52H29N3O2.C52H35N3O2/c56-51-38-16-9-17-39-50(38)55(44-26-22-32(28-40(44)51)53-42-18-7-5-14-36(42)48-34-12-3-1-10-30(34)20-24-46(48)53)45-27-23-33(29-41(45)52(39)57)54-43-19-8-6-15-37(43)49-35-13-4-2-11-31(35)21-25-47(49)54;1-52(2,3)31-26-40-49-41(27-31)51(57)39-29-33(54-44-19-11-8-16-37(44)48-34-13-5-4-12-30(34)20-23-47(48)54)22-25-46(39)55(49)45-24-21-32(28-38(45)50(40)56)53-42-17-9-6-14-35(42)36-15-7-10-18-43(36)53/h1-29H;4-29H,1-3H3. The van der Waals surface area contributed by atoms with Gasteiger partial charge in [-0.3, -0.25) is 19.2 Å². The first-order valence-corrected chi connectivity index (χ1v) is 38.8. The minimum Gasteiger partial charge on any atom is -0.309 e. The highest BCUT2D eigenvalue weighted by Gasteiger charge is 2.27. The predicted molar refractivity (Wildman–Crippen MR) is 476 cm³/mol. The summed E-state index contributed by atoms with van der Waals surface area (Å²) in [7, 11) is 0. The van der Waals surface area contributed by atoms with Gasteiger partial charge in [0.1, 0.15) is 0 Å². The zero-order valence-electron chi connectivity index (χ0n) is 62.1. The summed E-state index contributed by atoms with van der Waals surface area (Å²) >= 11 is 0. The maximum Gasteiger partial charge on any atom is 0.197 e. The fourth-order valence-electron chi connectivity index (χ4n) is 19.5. The lowest BCUT2D eigenvalue weighted by molar-refractivity contribution is 0.591. The van der Waals surface area contributed by atoms with Crippen LogP contribution < -0.4 is 21.7 Å². The Morgan fingerprint density at radius 1 is 0.193 bits per heavy atom. The second kappa shape index (κ2) is 23.3. The first-order valence-electron chi connectivity index (χ1n) is 38.8. The minimum absolute atomic E-state index is 0.0726. The summed E-state index contributed by atoms with van der Waals surface area (Å²) in [6.07, 6.45) is 0. The Hall–Kier alpha value is -15.0. The van der Waals surface area contributed by atoms with E-state index in [1.54, 1.807) is 0 Å². The number of aromatic nitrogens is 6. The number of hydrogen-bond acceptors (Lipinski definition) is 4. The Morgan fingerprint density at radius 2 is 0.439 bits per heavy atom. The van der Waals surface area contributed by atoms with Crippen LogP contribution >= 0.6 is 0 Å². The molecule has 10 nitrogen and oxygen atoms in total. The molecule has 0 spiro atoms. The van der Waals surface area contributed by atoms with Crippen molar-refractivity contribution in [2.45, 2.75) is 26.2 Å². The van der Waals surface area contributed by atoms with Crippen molar-refractivity contribution in [3.8, 4) is 22.7 Å². The van der Waals surface area contributed by atoms with Crippen LogP contribution in [0.25, 0.3) is 218 Å². The fourth-order valence-corrected chi connectivity index (χ4v) is 19.5. The fraction of sp³-hybridized carbons (Fsp3) is 0.0385. The molecule has 25 aromatic rings. The van der Waals surface area contributed by atoms with Crippen LogP contribution in [0.3, 0.4) is 0 Å². The summed E-state index contributed by atoms with van der Waals surface area (Å²) in [6.45, 7) is 6.39. The van der Waals surface area contributed by atoms with Crippen LogP contribution in [0.5, 0.6) is 0 Å². The Labute approximate surface area is 647 Å². The molecule has 8 heterocycles. The van der Waals surface area contributed by atoms with Gasteiger partial charge >= 0.3 is 0 Å². The van der Waals surface area contributed by atoms with Gasteiger partial charge in [-0.2, -0.15) is 0 Å². The van der Waals surface area contributed by atoms with E-state index in [1.165, 1.54) is 64.6 Å². The average molecular weight is 1460 g/mol. The van der Waals surface area contributed by atoms with Gasteiger partial charge in [-0.25, -0.2) is 0 Å². The zero-order chi connectivity index (χ0) is 75.8. The lowest BCUT2D eigenvalue weighted by Crippen LogP contribution is -2.18. The predicted octanol–water partition coefficient (Wildman–Crippen LogP) is 24.3. The molecule has 0 saturated carbocycles. The summed E-state index contributed by atoms with van der Waals surface area (Å²) in [6, 6.07) is 115. The van der Waals surface area contributed by atoms with Gasteiger partial charge in [0.2, 0.25) is 0 Å². The molecule has 0 aliphatic rings. The average Bonchev–Trinajstić information content (AvgIpc) is 1.13. The maximum atomic E-state index is 15.0. The second-order valence-electron chi connectivity index (χ2n) is 31.6. The molecule has 25 rings (SSSR count). The van der Waals surface area contributed by atoms with E-state index in [-0.39, 0.29) is 27.1 Å². The van der Waals surface area contributed by atoms with E-state index in [0.717, 1.165) is 105 Å². The van der Waals surface area contributed by atoms with E-state index in [9.17, 15) is 19.2 Å². The van der Waals surface area contributed by atoms with Gasteiger partial charge in [-0.15, -0.1) is 0 Å². The molecule has 114 heavy (non-hydrogen) atoms. The van der Waals surface area contributed by atoms with Gasteiger partial charge in [0.05, 0.1) is 77.2 Å². The molecule has 0 fully saturated rings. The normalized spacial score (nSPS) is 12.5. The number of fused-ring (bicyclic) bond motifs is 26. The molecule has 0 bridgehead atoms. The Kier molecular flexibility index (Phi) is 13.0. The minimum atomic E-state index is -0.296. The van der Waals surface area contributed by atoms with Crippen LogP contribution in [0.4, 0.5) is 0 Å². The molecule has 0 aliphatic heterocycles. The third kappa shape index (κ3) is 8.73. The lowest BCUT2D eigenvalue weighted by atomic mass is 9.85. The number of nitrogens with zero attached hydrogens (tertiary/aromatic N) is 6. The monoisotopic (exact) mass is 1460 g/mol. The second-order valence-corrected chi connectivity index (χ2v) is 31.6. The highest BCUT2D eigenvalue weighted by atomic mass is 16.1. The quantitative estimate of drug-likeness (QED) is 0.130. The van der Waals surface area contributed by atoms with Crippen molar-refractivity contribution in [1.82, 2.24) is 27.1 Å². The summed E-state index contributed by atoms with van der Waals surface area (Å²) in [5, 5.41) is 21.2. The topological polar surface area (TPSA) is 96.8 Å². The van der Waals surface area contributed by atoms with Crippen molar-refractivity contribution in [3.63, 3.8) is 0 Å². The molecule has 17 aromatic carbocycles. The van der Waals surface area contributed by atoms with Crippen LogP contribution in [-0.4, -0.2) is 27.1 Å². The summed E-state index contributed by atoms with van der Waals surface area (Å²) < 4.78 is 13.4. The summed E-state index contributed by atoms with van der Waals surface area (Å²) in [4.78, 5) is 59.0. The summed E-state index contributed by atoms with van der Waals surface area (Å²) in [5.74, 6) is 0. The van der Waals surface area contributed by atoms with Crippen LogP contribution in [0, 0.1) is 0 Å². The molecule has 0 radical (unpaired) electrons. The van der Waals surface area contributed by atoms with E-state index in [0.29, 0.717) is 54.1 Å². The van der Waals surface area contributed by atoms with Crippen LogP contribution in [0.15, 0.2) is 353 Å². The van der Waals surface area contributed by atoms with Gasteiger partial charge in [-0.05, 0) is 189 Å². The molecule has 8 aromatic heterocycles. The van der Waals surface area contributed by atoms with E-state index >= 15 is 0 Å². The van der Waals surface area contributed by atoms with Crippen LogP contribution in [0.1, 0.15) is 26.3 Å². The Bertz CT molecular complexity index is 8600. The molecule has 10 heteroatoms. The van der Waals surface area contributed by atoms with Crippen LogP contribution in [-0.2, 0) is 5.41 Å². The third-order valence-electron chi connectivity index (χ3n) is 24.6. The third-order valence-corrected chi connectivity index (χ3v) is 24.6. The van der Waals surface area contributed by atoms with Gasteiger partial charge in [0, 0.05) is 109 Å². The Balaban J connectivity index is 0.000000132. The molecule has 0 amide bonds. The molecular formula is C104H64N6O4. The molecule has 0 aliphatic carbocycles. The smallest absolute Gasteiger partial charge is 0.197 e. The van der Waals surface area contributed by atoms with Crippen molar-refractivity contribution >= 4 is 196 Å². The van der Waals surface area contributed by atoms with E-state index in [1.807, 2.05) is 54.6 Å². The largest absolute Gasteiger partial charge is 0.309 e. The van der Waals surface area contributed by atoms with Gasteiger partial charge < -0.3 is 27.1 Å². The number of hydrogen-bond donors (Lipinski definition) is 0. The van der Waals surface area contributed by atoms with Crippen molar-refractivity contribution in [2.75, 3.05) is 0 Å². The Morgan fingerprint density at radius 3 is 0.763 bits per heavy atom. The van der Waals surface area contributed by atoms with Crippen molar-refractivity contribution < 1.29 is 0 Å². The van der Waals surface area contributed by atoms with E-state index < -0.39 is 0 Å². The highest BCUT2D eigenvalue weighted by molar-refractivity contribution is 6.25.